The molecule has 1 N–H and O–H groups in total. The summed E-state index contributed by atoms with van der Waals surface area (Å²) in [5.74, 6) is 0.778. The van der Waals surface area contributed by atoms with Gasteiger partial charge in [0.2, 0.25) is 0 Å². The monoisotopic (exact) mass is 470 g/mol. The van der Waals surface area contributed by atoms with Gasteiger partial charge in [-0.05, 0) is 60.0 Å². The summed E-state index contributed by atoms with van der Waals surface area (Å²) < 4.78 is 8.71. The van der Waals surface area contributed by atoms with Crippen LogP contribution in [0.3, 0.4) is 0 Å². The predicted octanol–water partition coefficient (Wildman–Crippen LogP) is 6.85. The van der Waals surface area contributed by atoms with E-state index < -0.39 is 0 Å². The molecule has 6 nitrogen and oxygen atoms in total. The number of imidazole rings is 1. The molecule has 0 saturated heterocycles. The Morgan fingerprint density at radius 3 is 2.40 bits per heavy atom. The summed E-state index contributed by atoms with van der Waals surface area (Å²) in [5.41, 5.74) is 4.80. The molecule has 0 spiro atoms. The number of nitrogens with one attached hydrogen (secondary N) is 1. The molecule has 0 fully saturated rings. The summed E-state index contributed by atoms with van der Waals surface area (Å²) >= 11 is 0. The number of aromatic nitrogens is 4. The van der Waals surface area contributed by atoms with Crippen LogP contribution in [0, 0.1) is 0 Å². The smallest absolute Gasteiger partial charge is 0.333 e. The number of fused-ring (bicyclic) bond motifs is 1. The highest BCUT2D eigenvalue weighted by atomic mass is 16.5. The first-order valence-electron chi connectivity index (χ1n) is 12.1. The first-order valence-corrected chi connectivity index (χ1v) is 12.1. The van der Waals surface area contributed by atoms with E-state index in [1.54, 1.807) is 22.4 Å². The van der Waals surface area contributed by atoms with E-state index in [-0.39, 0.29) is 11.7 Å². The van der Waals surface area contributed by atoms with Gasteiger partial charge in [-0.3, -0.25) is 9.13 Å². The number of pyridine rings is 1. The number of hydrogen-bond donors (Lipinski definition) is 1. The van der Waals surface area contributed by atoms with E-state index in [1.165, 1.54) is 0 Å². The molecular formula is C29H34N4O2. The van der Waals surface area contributed by atoms with Crippen LogP contribution >= 0.6 is 0 Å². The van der Waals surface area contributed by atoms with Crippen LogP contribution in [-0.4, -0.2) is 26.2 Å². The molecule has 0 saturated carbocycles. The van der Waals surface area contributed by atoms with E-state index in [0.29, 0.717) is 0 Å². The SMILES string of the molecule is CC.CC.COc1cccc(C(C)n2ccn(-c3ccc(-c4ccnc5[nH]ccc45)cc3)c2=O)c1. The summed E-state index contributed by atoms with van der Waals surface area (Å²) in [5, 5.41) is 1.07. The van der Waals surface area contributed by atoms with Crippen molar-refractivity contribution in [3.05, 3.63) is 101 Å². The first kappa shape index (κ1) is 25.6. The van der Waals surface area contributed by atoms with Gasteiger partial charge in [-0.15, -0.1) is 0 Å². The summed E-state index contributed by atoms with van der Waals surface area (Å²) in [4.78, 5) is 20.6. The molecule has 3 aromatic heterocycles. The number of H-pyrrole nitrogens is 1. The van der Waals surface area contributed by atoms with Crippen molar-refractivity contribution in [2.45, 2.75) is 40.7 Å². The standard InChI is InChI=1S/C25H22N4O2.2C2H6/c1-17(19-4-3-5-21(16-19)31-2)28-14-15-29(25(28)30)20-8-6-18(7-9-20)22-10-12-26-24-23(22)11-13-27-24;2*1-2/h3-17H,1-2H3,(H,26,27);2*1-2H3. The van der Waals surface area contributed by atoms with E-state index in [9.17, 15) is 4.79 Å². The van der Waals surface area contributed by atoms with Crippen LogP contribution in [0.4, 0.5) is 0 Å². The van der Waals surface area contributed by atoms with Crippen LogP contribution in [0.2, 0.25) is 0 Å². The minimum Gasteiger partial charge on any atom is -0.497 e. The maximum atomic E-state index is 13.1. The lowest BCUT2D eigenvalue weighted by atomic mass is 10.0. The van der Waals surface area contributed by atoms with Gasteiger partial charge in [0.05, 0.1) is 18.8 Å². The fourth-order valence-electron chi connectivity index (χ4n) is 3.96. The lowest BCUT2D eigenvalue weighted by Gasteiger charge is -2.14. The number of benzene rings is 2. The number of nitrogens with zero attached hydrogens (tertiary/aromatic N) is 3. The Labute approximate surface area is 206 Å². The van der Waals surface area contributed by atoms with Crippen molar-refractivity contribution in [1.29, 1.82) is 0 Å². The molecule has 6 heteroatoms. The highest BCUT2D eigenvalue weighted by Gasteiger charge is 2.14. The number of rotatable bonds is 5. The molecule has 3 heterocycles. The Kier molecular flexibility index (Phi) is 8.68. The van der Waals surface area contributed by atoms with Gasteiger partial charge in [0.15, 0.2) is 0 Å². The van der Waals surface area contributed by atoms with Crippen LogP contribution in [0.1, 0.15) is 46.2 Å². The summed E-state index contributed by atoms with van der Waals surface area (Å²) in [6.07, 6.45) is 7.32. The van der Waals surface area contributed by atoms with Gasteiger partial charge in [-0.1, -0.05) is 52.0 Å². The summed E-state index contributed by atoms with van der Waals surface area (Å²) in [6.45, 7) is 10.0. The van der Waals surface area contributed by atoms with Crippen molar-refractivity contribution in [1.82, 2.24) is 19.1 Å². The molecule has 0 aliphatic rings. The fraction of sp³-hybridized carbons (Fsp3) is 0.241. The van der Waals surface area contributed by atoms with Gasteiger partial charge in [0.1, 0.15) is 11.4 Å². The quantitative estimate of drug-likeness (QED) is 0.305. The number of ether oxygens (including phenoxy) is 1. The third-order valence-electron chi connectivity index (χ3n) is 5.71. The zero-order valence-corrected chi connectivity index (χ0v) is 21.3. The maximum Gasteiger partial charge on any atom is 0.333 e. The van der Waals surface area contributed by atoms with Crippen molar-refractivity contribution in [3.8, 4) is 22.6 Å². The lowest BCUT2D eigenvalue weighted by molar-refractivity contribution is 0.413. The zero-order valence-electron chi connectivity index (χ0n) is 21.3. The molecule has 0 bridgehead atoms. The summed E-state index contributed by atoms with van der Waals surface area (Å²) in [7, 11) is 1.64. The highest BCUT2D eigenvalue weighted by Crippen LogP contribution is 2.27. The number of methoxy groups -OCH3 is 1. The molecule has 182 valence electrons. The Bertz CT molecular complexity index is 1410. The van der Waals surface area contributed by atoms with Crippen molar-refractivity contribution < 1.29 is 4.74 Å². The molecule has 2 aromatic carbocycles. The van der Waals surface area contributed by atoms with Crippen LogP contribution in [0.5, 0.6) is 5.75 Å². The molecule has 1 atom stereocenters. The van der Waals surface area contributed by atoms with E-state index in [2.05, 4.69) is 9.97 Å². The molecular weight excluding hydrogens is 436 g/mol. The number of aromatic amines is 1. The molecule has 0 aliphatic heterocycles. The largest absolute Gasteiger partial charge is 0.497 e. The van der Waals surface area contributed by atoms with Gasteiger partial charge in [-0.25, -0.2) is 9.78 Å². The maximum absolute atomic E-state index is 13.1. The minimum atomic E-state index is -0.109. The van der Waals surface area contributed by atoms with E-state index >= 15 is 0 Å². The predicted molar refractivity (Wildman–Crippen MR) is 145 cm³/mol. The van der Waals surface area contributed by atoms with Crippen molar-refractivity contribution in [3.63, 3.8) is 0 Å². The average molecular weight is 471 g/mol. The third-order valence-corrected chi connectivity index (χ3v) is 5.71. The van der Waals surface area contributed by atoms with Gasteiger partial charge >= 0.3 is 5.69 Å². The number of hydrogen-bond acceptors (Lipinski definition) is 3. The molecule has 5 aromatic rings. The topological polar surface area (TPSA) is 64.8 Å². The fourth-order valence-corrected chi connectivity index (χ4v) is 3.96. The Morgan fingerprint density at radius 2 is 1.69 bits per heavy atom. The lowest BCUT2D eigenvalue weighted by Crippen LogP contribution is -2.25. The van der Waals surface area contributed by atoms with Crippen molar-refractivity contribution in [2.24, 2.45) is 0 Å². The van der Waals surface area contributed by atoms with Gasteiger partial charge in [-0.2, -0.15) is 0 Å². The Morgan fingerprint density at radius 1 is 0.943 bits per heavy atom. The highest BCUT2D eigenvalue weighted by molar-refractivity contribution is 5.92. The molecule has 1 unspecified atom stereocenters. The van der Waals surface area contributed by atoms with E-state index in [0.717, 1.165) is 39.2 Å². The van der Waals surface area contributed by atoms with Gasteiger partial charge in [0, 0.05) is 30.2 Å². The Hall–Kier alpha value is -4.06. The Balaban J connectivity index is 0.000000815. The van der Waals surface area contributed by atoms with Gasteiger partial charge in [0.25, 0.3) is 0 Å². The second kappa shape index (κ2) is 11.9. The van der Waals surface area contributed by atoms with Crippen LogP contribution in [0.25, 0.3) is 27.8 Å². The van der Waals surface area contributed by atoms with Crippen molar-refractivity contribution in [2.75, 3.05) is 7.11 Å². The minimum absolute atomic E-state index is 0.0833. The van der Waals surface area contributed by atoms with Crippen LogP contribution in [0.15, 0.2) is 90.2 Å². The zero-order chi connectivity index (χ0) is 25.4. The second-order valence-electron chi connectivity index (χ2n) is 7.46. The third kappa shape index (κ3) is 5.22. The normalized spacial score (nSPS) is 11.1. The van der Waals surface area contributed by atoms with Crippen molar-refractivity contribution >= 4 is 11.0 Å². The van der Waals surface area contributed by atoms with Crippen LogP contribution in [-0.2, 0) is 0 Å². The molecule has 0 amide bonds. The molecule has 0 aliphatic carbocycles. The van der Waals surface area contributed by atoms with E-state index in [1.807, 2.05) is 114 Å². The molecule has 0 radical (unpaired) electrons. The van der Waals surface area contributed by atoms with Gasteiger partial charge < -0.3 is 9.72 Å². The average Bonchev–Trinajstić information content (AvgIpc) is 3.57. The second-order valence-corrected chi connectivity index (χ2v) is 7.46. The van der Waals surface area contributed by atoms with Crippen LogP contribution < -0.4 is 10.4 Å². The molecule has 35 heavy (non-hydrogen) atoms. The molecule has 5 rings (SSSR count). The van der Waals surface area contributed by atoms with E-state index in [4.69, 9.17) is 4.74 Å². The summed E-state index contributed by atoms with van der Waals surface area (Å²) in [6, 6.07) is 19.7. The first-order chi connectivity index (χ1) is 17.2.